The summed E-state index contributed by atoms with van der Waals surface area (Å²) in [6, 6.07) is 4.91. The molecule has 0 atom stereocenters. The second-order valence-corrected chi connectivity index (χ2v) is 15.5. The van der Waals surface area contributed by atoms with Gasteiger partial charge in [0, 0.05) is 5.75 Å². The molecule has 0 aromatic rings. The van der Waals surface area contributed by atoms with Crippen LogP contribution in [-0.2, 0) is 4.74 Å². The Balaban J connectivity index is 1.65. The first-order valence-electron chi connectivity index (χ1n) is 11.8. The number of rotatable bonds is 19. The molecule has 0 amide bonds. The zero-order chi connectivity index (χ0) is 18.9. The van der Waals surface area contributed by atoms with E-state index in [1.807, 2.05) is 0 Å². The molecule has 1 rings (SSSR count). The first-order valence-corrected chi connectivity index (χ1v) is 16.1. The van der Waals surface area contributed by atoms with Crippen LogP contribution in [-0.4, -0.2) is 32.3 Å². The smallest absolute Gasteiger partial charge is 0.0560 e. The van der Waals surface area contributed by atoms with Crippen LogP contribution < -0.4 is 0 Å². The Bertz CT molecular complexity index is 305. The van der Waals surface area contributed by atoms with Gasteiger partial charge < -0.3 is 4.74 Å². The highest BCUT2D eigenvalue weighted by Crippen LogP contribution is 2.36. The molecule has 3 heteroatoms. The molecule has 0 aromatic heterocycles. The maximum absolute atomic E-state index is 5.56. The van der Waals surface area contributed by atoms with Gasteiger partial charge in [0.1, 0.15) is 0 Å². The van der Waals surface area contributed by atoms with E-state index in [1.54, 1.807) is 31.0 Å². The molecule has 0 radical (unpaired) electrons. The Morgan fingerprint density at radius 1 is 0.731 bits per heavy atom. The predicted octanol–water partition coefficient (Wildman–Crippen LogP) is 8.31. The Morgan fingerprint density at radius 3 is 1.69 bits per heavy atom. The summed E-state index contributed by atoms with van der Waals surface area (Å²) >= 11 is 2.06. The molecule has 1 fully saturated rings. The fraction of sp³-hybridized carbons (Fsp3) is 1.00. The molecule has 156 valence electrons. The fourth-order valence-electron chi connectivity index (χ4n) is 4.00. The molecule has 0 aromatic carbocycles. The molecule has 1 aliphatic heterocycles. The summed E-state index contributed by atoms with van der Waals surface area (Å²) in [6.45, 7) is 7.79. The summed E-state index contributed by atoms with van der Waals surface area (Å²) in [7, 11) is -0.617. The largest absolute Gasteiger partial charge is 0.378 e. The van der Waals surface area contributed by atoms with Crippen molar-refractivity contribution in [2.75, 3.05) is 18.1 Å². The van der Waals surface area contributed by atoms with E-state index in [2.05, 4.69) is 32.2 Å². The molecule has 0 spiro atoms. The van der Waals surface area contributed by atoms with Gasteiger partial charge in [0.2, 0.25) is 0 Å². The van der Waals surface area contributed by atoms with E-state index in [0.717, 1.165) is 6.61 Å². The monoisotopic (exact) mass is 400 g/mol. The molecule has 1 saturated heterocycles. The molecule has 1 aliphatic rings. The molecular formula is C23H48OSSi. The van der Waals surface area contributed by atoms with Gasteiger partial charge in [-0.15, -0.1) is 0 Å². The number of unbranched alkanes of at least 4 members (excludes halogenated alkanes) is 11. The average Bonchev–Trinajstić information content (AvgIpc) is 2.59. The van der Waals surface area contributed by atoms with Crippen molar-refractivity contribution in [2.24, 2.45) is 0 Å². The van der Waals surface area contributed by atoms with Crippen LogP contribution in [0.15, 0.2) is 0 Å². The third-order valence-corrected chi connectivity index (χ3v) is 11.8. The SMILES string of the molecule is CC(C)OCCSCCCCCCCCCCCCCC[Si]1(C)CCC1. The van der Waals surface area contributed by atoms with Crippen molar-refractivity contribution < 1.29 is 4.74 Å². The molecule has 26 heavy (non-hydrogen) atoms. The maximum Gasteiger partial charge on any atom is 0.0560 e. The molecule has 1 heterocycles. The molecule has 1 nitrogen and oxygen atoms in total. The number of thioether (sulfide) groups is 1. The minimum Gasteiger partial charge on any atom is -0.378 e. The summed E-state index contributed by atoms with van der Waals surface area (Å²) in [4.78, 5) is 0. The van der Waals surface area contributed by atoms with Crippen LogP contribution in [0, 0.1) is 0 Å². The lowest BCUT2D eigenvalue weighted by atomic mass is 10.1. The van der Waals surface area contributed by atoms with E-state index in [0.29, 0.717) is 6.10 Å². The van der Waals surface area contributed by atoms with Gasteiger partial charge in [-0.2, -0.15) is 11.8 Å². The van der Waals surface area contributed by atoms with Crippen molar-refractivity contribution in [1.29, 1.82) is 0 Å². The number of hydrogen-bond donors (Lipinski definition) is 0. The van der Waals surface area contributed by atoms with Gasteiger partial charge in [0.05, 0.1) is 20.8 Å². The minimum absolute atomic E-state index is 0.387. The first kappa shape index (κ1) is 24.6. The maximum atomic E-state index is 5.56. The highest BCUT2D eigenvalue weighted by Gasteiger charge is 2.32. The zero-order valence-corrected chi connectivity index (χ0v) is 20.1. The lowest BCUT2D eigenvalue weighted by molar-refractivity contribution is 0.0920. The Morgan fingerprint density at radius 2 is 1.23 bits per heavy atom. The molecule has 0 saturated carbocycles. The third kappa shape index (κ3) is 14.6. The van der Waals surface area contributed by atoms with Gasteiger partial charge in [-0.05, 0) is 26.0 Å². The fourth-order valence-corrected chi connectivity index (χ4v) is 7.99. The Kier molecular flexibility index (Phi) is 15.6. The number of hydrogen-bond acceptors (Lipinski definition) is 2. The minimum atomic E-state index is -0.617. The zero-order valence-electron chi connectivity index (χ0n) is 18.3. The van der Waals surface area contributed by atoms with Gasteiger partial charge in [0.25, 0.3) is 0 Å². The molecule has 0 bridgehead atoms. The Labute approximate surface area is 170 Å². The number of ether oxygens (including phenoxy) is 1. The van der Waals surface area contributed by atoms with Gasteiger partial charge in [0.15, 0.2) is 0 Å². The second-order valence-electron chi connectivity index (χ2n) is 9.19. The van der Waals surface area contributed by atoms with Gasteiger partial charge >= 0.3 is 0 Å². The van der Waals surface area contributed by atoms with Crippen molar-refractivity contribution in [1.82, 2.24) is 0 Å². The standard InChI is InChI=1S/C23H48OSSi/c1-23(2)24-17-19-25-18-14-12-10-8-6-4-5-7-9-11-13-15-20-26(3)21-16-22-26/h23H,4-22H2,1-3H3. The summed E-state index contributed by atoms with van der Waals surface area (Å²) in [6.07, 6.45) is 19.7. The second kappa shape index (κ2) is 16.5. The molecule has 0 N–H and O–H groups in total. The van der Waals surface area contributed by atoms with Crippen LogP contribution in [0.25, 0.3) is 0 Å². The topological polar surface area (TPSA) is 9.23 Å². The molecule has 0 aliphatic carbocycles. The summed E-state index contributed by atoms with van der Waals surface area (Å²) in [5.41, 5.74) is 0. The summed E-state index contributed by atoms with van der Waals surface area (Å²) < 4.78 is 5.56. The van der Waals surface area contributed by atoms with Crippen molar-refractivity contribution in [3.8, 4) is 0 Å². The van der Waals surface area contributed by atoms with Gasteiger partial charge in [-0.1, -0.05) is 102 Å². The van der Waals surface area contributed by atoms with Crippen molar-refractivity contribution in [3.05, 3.63) is 0 Å². The van der Waals surface area contributed by atoms with Crippen molar-refractivity contribution in [3.63, 3.8) is 0 Å². The van der Waals surface area contributed by atoms with Gasteiger partial charge in [-0.25, -0.2) is 0 Å². The van der Waals surface area contributed by atoms with E-state index >= 15 is 0 Å². The van der Waals surface area contributed by atoms with Gasteiger partial charge in [-0.3, -0.25) is 0 Å². The van der Waals surface area contributed by atoms with E-state index in [-0.39, 0.29) is 0 Å². The van der Waals surface area contributed by atoms with Crippen LogP contribution in [0.3, 0.4) is 0 Å². The lowest BCUT2D eigenvalue weighted by Gasteiger charge is -2.36. The van der Waals surface area contributed by atoms with Crippen LogP contribution >= 0.6 is 11.8 Å². The highest BCUT2D eigenvalue weighted by atomic mass is 32.2. The molecule has 0 unspecified atom stereocenters. The summed E-state index contributed by atoms with van der Waals surface area (Å²) in [5.74, 6) is 2.49. The molecular weight excluding hydrogens is 352 g/mol. The lowest BCUT2D eigenvalue weighted by Crippen LogP contribution is -2.37. The van der Waals surface area contributed by atoms with Crippen LogP contribution in [0.1, 0.15) is 97.3 Å². The predicted molar refractivity (Wildman–Crippen MR) is 124 cm³/mol. The normalized spacial score (nSPS) is 16.2. The van der Waals surface area contributed by atoms with Crippen molar-refractivity contribution >= 4 is 19.8 Å². The van der Waals surface area contributed by atoms with E-state index in [1.165, 1.54) is 82.1 Å². The average molecular weight is 401 g/mol. The van der Waals surface area contributed by atoms with Crippen molar-refractivity contribution in [2.45, 2.75) is 128 Å². The first-order chi connectivity index (χ1) is 12.6. The van der Waals surface area contributed by atoms with E-state index < -0.39 is 8.07 Å². The van der Waals surface area contributed by atoms with Crippen LogP contribution in [0.2, 0.25) is 24.7 Å². The van der Waals surface area contributed by atoms with E-state index in [4.69, 9.17) is 4.74 Å². The Hall–Kier alpha value is 0.527. The van der Waals surface area contributed by atoms with E-state index in [9.17, 15) is 0 Å². The summed E-state index contributed by atoms with van der Waals surface area (Å²) in [5, 5.41) is 0. The van der Waals surface area contributed by atoms with Crippen LogP contribution in [0.5, 0.6) is 0 Å². The highest BCUT2D eigenvalue weighted by molar-refractivity contribution is 7.99. The quantitative estimate of drug-likeness (QED) is 0.159. The van der Waals surface area contributed by atoms with Crippen LogP contribution in [0.4, 0.5) is 0 Å². The third-order valence-electron chi connectivity index (χ3n) is 6.06.